The van der Waals surface area contributed by atoms with Crippen LogP contribution in [0, 0.1) is 0 Å². The average molecular weight is 233 g/mol. The average Bonchev–Trinajstić information content (AvgIpc) is 2.80. The first-order valence-electron chi connectivity index (χ1n) is 5.29. The van der Waals surface area contributed by atoms with Crippen LogP contribution in [0.4, 0.5) is 5.69 Å². The molecule has 0 aliphatic carbocycles. The van der Waals surface area contributed by atoms with Gasteiger partial charge in [-0.3, -0.25) is 4.98 Å². The van der Waals surface area contributed by atoms with E-state index in [9.17, 15) is 0 Å². The third-order valence-corrected chi connectivity index (χ3v) is 3.37. The van der Waals surface area contributed by atoms with Gasteiger partial charge in [0.1, 0.15) is 0 Å². The van der Waals surface area contributed by atoms with E-state index >= 15 is 0 Å². The Kier molecular flexibility index (Phi) is 3.54. The molecule has 0 saturated carbocycles. The molecule has 2 aromatic rings. The number of hydrogen-bond acceptors (Lipinski definition) is 4. The van der Waals surface area contributed by atoms with Gasteiger partial charge in [-0.1, -0.05) is 13.0 Å². The number of thiophene rings is 1. The number of aromatic nitrogens is 1. The predicted molar refractivity (Wildman–Crippen MR) is 68.5 cm³/mol. The third-order valence-electron chi connectivity index (χ3n) is 2.43. The lowest BCUT2D eigenvalue weighted by Crippen LogP contribution is -2.22. The second-order valence-electron chi connectivity index (χ2n) is 3.51. The SMILES string of the molecule is CCNC(c1cccs1)c1cnccc1N. The smallest absolute Gasteiger partial charge is 0.0706 e. The van der Waals surface area contributed by atoms with E-state index in [0.29, 0.717) is 0 Å². The highest BCUT2D eigenvalue weighted by atomic mass is 32.1. The fraction of sp³-hybridized carbons (Fsp3) is 0.250. The Morgan fingerprint density at radius 2 is 2.38 bits per heavy atom. The molecule has 84 valence electrons. The van der Waals surface area contributed by atoms with Crippen molar-refractivity contribution in [2.24, 2.45) is 0 Å². The molecule has 16 heavy (non-hydrogen) atoms. The van der Waals surface area contributed by atoms with Gasteiger partial charge in [-0.05, 0) is 24.1 Å². The Hall–Kier alpha value is -1.39. The number of hydrogen-bond donors (Lipinski definition) is 2. The van der Waals surface area contributed by atoms with Crippen molar-refractivity contribution in [1.82, 2.24) is 10.3 Å². The van der Waals surface area contributed by atoms with E-state index in [1.54, 1.807) is 17.5 Å². The summed E-state index contributed by atoms with van der Waals surface area (Å²) in [5, 5.41) is 5.51. The zero-order chi connectivity index (χ0) is 11.4. The van der Waals surface area contributed by atoms with Gasteiger partial charge in [0.05, 0.1) is 6.04 Å². The highest BCUT2D eigenvalue weighted by Crippen LogP contribution is 2.28. The van der Waals surface area contributed by atoms with Gasteiger partial charge in [-0.2, -0.15) is 0 Å². The fourth-order valence-corrected chi connectivity index (χ4v) is 2.50. The lowest BCUT2D eigenvalue weighted by molar-refractivity contribution is 0.639. The molecule has 0 radical (unpaired) electrons. The lowest BCUT2D eigenvalue weighted by atomic mass is 10.1. The number of pyridine rings is 1. The summed E-state index contributed by atoms with van der Waals surface area (Å²) < 4.78 is 0. The molecule has 3 N–H and O–H groups in total. The molecule has 2 aromatic heterocycles. The van der Waals surface area contributed by atoms with Crippen molar-refractivity contribution in [1.29, 1.82) is 0 Å². The first kappa shape index (κ1) is 11.1. The molecule has 4 heteroatoms. The Morgan fingerprint density at radius 3 is 3.00 bits per heavy atom. The van der Waals surface area contributed by atoms with Gasteiger partial charge in [-0.25, -0.2) is 0 Å². The van der Waals surface area contributed by atoms with E-state index in [2.05, 4.69) is 34.7 Å². The predicted octanol–water partition coefficient (Wildman–Crippen LogP) is 2.42. The molecule has 0 aliphatic rings. The Balaban J connectivity index is 2.37. The van der Waals surface area contributed by atoms with Crippen LogP contribution >= 0.6 is 11.3 Å². The molecule has 0 fully saturated rings. The lowest BCUT2D eigenvalue weighted by Gasteiger charge is -2.18. The highest BCUT2D eigenvalue weighted by Gasteiger charge is 2.16. The van der Waals surface area contributed by atoms with Gasteiger partial charge in [0.25, 0.3) is 0 Å². The van der Waals surface area contributed by atoms with Crippen LogP contribution in [-0.4, -0.2) is 11.5 Å². The summed E-state index contributed by atoms with van der Waals surface area (Å²) in [7, 11) is 0. The third kappa shape index (κ3) is 2.23. The number of nitrogens with one attached hydrogen (secondary N) is 1. The molecule has 0 aliphatic heterocycles. The Labute approximate surface area is 99.3 Å². The van der Waals surface area contributed by atoms with E-state index in [1.165, 1.54) is 4.88 Å². The molecule has 0 saturated heterocycles. The van der Waals surface area contributed by atoms with E-state index in [-0.39, 0.29) is 6.04 Å². The van der Waals surface area contributed by atoms with Gasteiger partial charge < -0.3 is 11.1 Å². The van der Waals surface area contributed by atoms with Crippen LogP contribution in [0.3, 0.4) is 0 Å². The number of anilines is 1. The maximum Gasteiger partial charge on any atom is 0.0706 e. The molecule has 3 nitrogen and oxygen atoms in total. The fourth-order valence-electron chi connectivity index (χ4n) is 1.68. The highest BCUT2D eigenvalue weighted by molar-refractivity contribution is 7.10. The van der Waals surface area contributed by atoms with Gasteiger partial charge in [0, 0.05) is 28.5 Å². The minimum atomic E-state index is 0.152. The molecule has 0 amide bonds. The molecular formula is C12H15N3S. The van der Waals surface area contributed by atoms with Crippen LogP contribution in [0.2, 0.25) is 0 Å². The number of rotatable bonds is 4. The molecule has 2 heterocycles. The monoisotopic (exact) mass is 233 g/mol. The molecule has 0 bridgehead atoms. The van der Waals surface area contributed by atoms with Crippen molar-refractivity contribution in [2.45, 2.75) is 13.0 Å². The number of nitrogens with zero attached hydrogens (tertiary/aromatic N) is 1. The maximum atomic E-state index is 5.98. The second-order valence-corrected chi connectivity index (χ2v) is 4.49. The topological polar surface area (TPSA) is 50.9 Å². The molecule has 2 rings (SSSR count). The van der Waals surface area contributed by atoms with Crippen LogP contribution < -0.4 is 11.1 Å². The molecule has 0 spiro atoms. The summed E-state index contributed by atoms with van der Waals surface area (Å²) in [6.07, 6.45) is 3.55. The van der Waals surface area contributed by atoms with E-state index in [4.69, 9.17) is 5.73 Å². The van der Waals surface area contributed by atoms with Crippen molar-refractivity contribution < 1.29 is 0 Å². The Bertz CT molecular complexity index is 439. The summed E-state index contributed by atoms with van der Waals surface area (Å²) in [4.78, 5) is 5.41. The van der Waals surface area contributed by atoms with Crippen molar-refractivity contribution >= 4 is 17.0 Å². The van der Waals surface area contributed by atoms with Crippen molar-refractivity contribution in [3.05, 3.63) is 46.4 Å². The first-order valence-corrected chi connectivity index (χ1v) is 6.17. The van der Waals surface area contributed by atoms with Crippen molar-refractivity contribution in [3.8, 4) is 0 Å². The standard InChI is InChI=1S/C12H15N3S/c1-2-15-12(11-4-3-7-16-11)9-8-14-6-5-10(9)13/h3-8,12,15H,2H2,1H3,(H2,13,14). The summed E-state index contributed by atoms with van der Waals surface area (Å²) >= 11 is 1.73. The Morgan fingerprint density at radius 1 is 1.50 bits per heavy atom. The summed E-state index contributed by atoms with van der Waals surface area (Å²) in [5.74, 6) is 0. The largest absolute Gasteiger partial charge is 0.398 e. The van der Waals surface area contributed by atoms with Gasteiger partial charge in [-0.15, -0.1) is 11.3 Å². The van der Waals surface area contributed by atoms with Crippen LogP contribution in [0.1, 0.15) is 23.4 Å². The van der Waals surface area contributed by atoms with Gasteiger partial charge >= 0.3 is 0 Å². The molecule has 1 unspecified atom stereocenters. The summed E-state index contributed by atoms with van der Waals surface area (Å²) in [5.41, 5.74) is 7.82. The molecule has 1 atom stereocenters. The van der Waals surface area contributed by atoms with Crippen molar-refractivity contribution in [2.75, 3.05) is 12.3 Å². The van der Waals surface area contributed by atoms with E-state index < -0.39 is 0 Å². The number of nitrogens with two attached hydrogens (primary N) is 1. The van der Waals surface area contributed by atoms with Crippen molar-refractivity contribution in [3.63, 3.8) is 0 Å². The van der Waals surface area contributed by atoms with Crippen LogP contribution in [0.25, 0.3) is 0 Å². The molecule has 0 aromatic carbocycles. The zero-order valence-electron chi connectivity index (χ0n) is 9.18. The molecular weight excluding hydrogens is 218 g/mol. The van der Waals surface area contributed by atoms with Gasteiger partial charge in [0.15, 0.2) is 0 Å². The summed E-state index contributed by atoms with van der Waals surface area (Å²) in [6, 6.07) is 6.16. The number of nitrogen functional groups attached to an aromatic ring is 1. The normalized spacial score (nSPS) is 12.6. The van der Waals surface area contributed by atoms with Crippen LogP contribution in [-0.2, 0) is 0 Å². The van der Waals surface area contributed by atoms with Crippen LogP contribution in [0.5, 0.6) is 0 Å². The minimum Gasteiger partial charge on any atom is -0.398 e. The maximum absolute atomic E-state index is 5.98. The summed E-state index contributed by atoms with van der Waals surface area (Å²) in [6.45, 7) is 2.99. The first-order chi connectivity index (χ1) is 7.83. The van der Waals surface area contributed by atoms with E-state index in [0.717, 1.165) is 17.8 Å². The second kappa shape index (κ2) is 5.09. The van der Waals surface area contributed by atoms with Gasteiger partial charge in [0.2, 0.25) is 0 Å². The quantitative estimate of drug-likeness (QED) is 0.852. The van der Waals surface area contributed by atoms with Crippen LogP contribution in [0.15, 0.2) is 36.0 Å². The van der Waals surface area contributed by atoms with E-state index in [1.807, 2.05) is 12.3 Å². The zero-order valence-corrected chi connectivity index (χ0v) is 10.00. The minimum absolute atomic E-state index is 0.152.